The molecule has 0 aromatic carbocycles. The molecule has 6 saturated carbocycles. The smallest absolute Gasteiger partial charge is 0.339 e. The zero-order valence-corrected chi connectivity index (χ0v) is 36.8. The van der Waals surface area contributed by atoms with E-state index >= 15 is 17.6 Å². The van der Waals surface area contributed by atoms with E-state index in [2.05, 4.69) is 0 Å². The molecule has 2 saturated heterocycles. The molecule has 16 heteroatoms. The van der Waals surface area contributed by atoms with Crippen LogP contribution in [0.2, 0.25) is 0 Å². The number of carboxylic acid groups (broad SMARTS) is 1. The van der Waals surface area contributed by atoms with Crippen molar-refractivity contribution in [2.75, 3.05) is 6.61 Å². The van der Waals surface area contributed by atoms with Crippen molar-refractivity contribution in [2.45, 2.75) is 165 Å². The number of halogens is 4. The average Bonchev–Trinajstić information content (AvgIpc) is 3.80. The van der Waals surface area contributed by atoms with Gasteiger partial charge in [0.1, 0.15) is 25.1 Å². The fourth-order valence-corrected chi connectivity index (χ4v) is 15.6. The van der Waals surface area contributed by atoms with Crippen LogP contribution in [0.3, 0.4) is 0 Å². The molecule has 8 aliphatic carbocycles. The number of fused-ring (bicyclic) bond motifs is 14. The number of aliphatic carboxylic acids is 1. The average molecular weight is 891 g/mol. The summed E-state index contributed by atoms with van der Waals surface area (Å²) in [6, 6.07) is 0. The molecule has 63 heavy (non-hydrogen) atoms. The lowest BCUT2D eigenvalue weighted by Crippen LogP contribution is -2.71. The van der Waals surface area contributed by atoms with E-state index in [0.717, 1.165) is 12.2 Å². The minimum Gasteiger partial charge on any atom is -0.479 e. The molecule has 8 fully saturated rings. The quantitative estimate of drug-likeness (QED) is 0.270. The SMILES string of the molecule is CC1(C)O[C@@H]2C[C@H]3[C@@H]4C[C@H](F)C5=CC(=O)C=C[C@]5(C)[C@@]4(F)[C@@H](O)C[C@]3(C)[C@]2(C(=O)CO)O1.CC1(C)O[C@@H]2C[C@H]3[C@@H]4C[C@H](F)C5=CC(=O)C=C[C@]5(C)[C@@]4(F)[C@@H](O)C[C@]3(C)[C@]2(C(=O)O)O1. The standard InChI is InChI=1S/C24H30F2O6.C23H28F2O6/c1-20(2)31-19-9-13-14-8-16(25)15-7-12(28)5-6-21(15,3)23(14,26)17(29)10-22(13,4)24(19,32-20)18(30)11-27;1-19(2)30-17-9-12-13-8-15(24)14-7-11(26)5-6-20(14,3)22(13,25)16(27)10-21(12,4)23(17,31-19)18(28)29/h5-7,13-14,16-17,19,27,29H,8-11H2,1-4H3;5-7,12-13,15-17,27H,8-10H2,1-4H3,(H,28,29)/t13-,14-,16-,17-,19+,21-,22-,23-,24+;12-,13-,15-,16-,17+,20-,21-,22-,23-/m00/s1. The summed E-state index contributed by atoms with van der Waals surface area (Å²) in [6.45, 7) is 12.4. The van der Waals surface area contributed by atoms with Gasteiger partial charge in [0, 0.05) is 33.5 Å². The number of carboxylic acids is 1. The van der Waals surface area contributed by atoms with E-state index in [1.165, 1.54) is 38.2 Å². The molecule has 0 spiro atoms. The molecule has 10 aliphatic rings. The number of aliphatic hydroxyl groups excluding tert-OH is 3. The fourth-order valence-electron chi connectivity index (χ4n) is 15.6. The Morgan fingerprint density at radius 2 is 1.03 bits per heavy atom. The maximum atomic E-state index is 17.1. The number of ketones is 3. The van der Waals surface area contributed by atoms with E-state index in [0.29, 0.717) is 0 Å². The molecule has 2 aliphatic heterocycles. The maximum Gasteiger partial charge on any atom is 0.339 e. The summed E-state index contributed by atoms with van der Waals surface area (Å²) in [5.41, 5.74) is -12.9. The van der Waals surface area contributed by atoms with Crippen molar-refractivity contribution < 1.29 is 76.1 Å². The van der Waals surface area contributed by atoms with Crippen LogP contribution < -0.4 is 0 Å². The molecule has 0 aromatic rings. The number of alkyl halides is 4. The molecular weight excluding hydrogens is 832 g/mol. The van der Waals surface area contributed by atoms with Crippen LogP contribution in [-0.4, -0.2) is 121 Å². The highest BCUT2D eigenvalue weighted by Gasteiger charge is 2.83. The number of Topliss-reactive ketones (excluding diaryl/α,β-unsaturated/α-hetero) is 1. The van der Waals surface area contributed by atoms with Crippen LogP contribution in [-0.2, 0) is 38.1 Å². The summed E-state index contributed by atoms with van der Waals surface area (Å²) in [5.74, 6) is -7.84. The van der Waals surface area contributed by atoms with Crippen molar-refractivity contribution in [3.63, 3.8) is 0 Å². The van der Waals surface area contributed by atoms with Crippen molar-refractivity contribution in [3.8, 4) is 0 Å². The lowest BCUT2D eigenvalue weighted by molar-refractivity contribution is -0.253. The van der Waals surface area contributed by atoms with E-state index in [4.69, 9.17) is 18.9 Å². The van der Waals surface area contributed by atoms with Crippen LogP contribution in [0.5, 0.6) is 0 Å². The Morgan fingerprint density at radius 1 is 0.651 bits per heavy atom. The van der Waals surface area contributed by atoms with Gasteiger partial charge in [-0.3, -0.25) is 14.4 Å². The Hall–Kier alpha value is -3.12. The summed E-state index contributed by atoms with van der Waals surface area (Å²) in [7, 11) is 0. The first-order chi connectivity index (χ1) is 29.0. The number of ether oxygens (including phenoxy) is 4. The van der Waals surface area contributed by atoms with Crippen LogP contribution in [0.4, 0.5) is 17.6 Å². The van der Waals surface area contributed by atoms with E-state index in [9.17, 15) is 39.6 Å². The van der Waals surface area contributed by atoms with Crippen LogP contribution >= 0.6 is 0 Å². The van der Waals surface area contributed by atoms with Gasteiger partial charge in [-0.1, -0.05) is 26.0 Å². The Balaban J connectivity index is 0.000000160. The monoisotopic (exact) mass is 890 g/mol. The highest BCUT2D eigenvalue weighted by Crippen LogP contribution is 2.74. The van der Waals surface area contributed by atoms with E-state index in [-0.39, 0.29) is 49.7 Å². The minimum absolute atomic E-state index is 0.0428. The lowest BCUT2D eigenvalue weighted by Gasteiger charge is -2.63. The molecule has 346 valence electrons. The predicted molar refractivity (Wildman–Crippen MR) is 213 cm³/mol. The molecule has 2 heterocycles. The largest absolute Gasteiger partial charge is 0.479 e. The molecule has 0 amide bonds. The van der Waals surface area contributed by atoms with E-state index in [1.807, 2.05) is 0 Å². The second kappa shape index (κ2) is 13.3. The molecule has 0 aromatic heterocycles. The number of carbonyl (C=O) groups excluding carboxylic acids is 3. The van der Waals surface area contributed by atoms with Crippen LogP contribution in [0, 0.1) is 45.3 Å². The van der Waals surface area contributed by atoms with Gasteiger partial charge in [-0.2, -0.15) is 0 Å². The van der Waals surface area contributed by atoms with Crippen LogP contribution in [0.25, 0.3) is 0 Å². The topological polar surface area (TPSA) is 186 Å². The number of carbonyl (C=O) groups is 4. The second-order valence-electron chi connectivity index (χ2n) is 21.8. The van der Waals surface area contributed by atoms with Crippen molar-refractivity contribution in [3.05, 3.63) is 47.6 Å². The molecule has 0 radical (unpaired) electrons. The van der Waals surface area contributed by atoms with Gasteiger partial charge in [-0.25, -0.2) is 22.4 Å². The summed E-state index contributed by atoms with van der Waals surface area (Å²) in [6.07, 6.45) is -0.610. The Bertz CT molecular complexity index is 2210. The van der Waals surface area contributed by atoms with Crippen molar-refractivity contribution in [1.29, 1.82) is 0 Å². The van der Waals surface area contributed by atoms with Gasteiger partial charge in [-0.05, 0) is 127 Å². The predicted octanol–water partition coefficient (Wildman–Crippen LogP) is 5.26. The number of allylic oxidation sites excluding steroid dienone is 8. The number of hydrogen-bond acceptors (Lipinski definition) is 11. The molecule has 10 rings (SSSR count). The summed E-state index contributed by atoms with van der Waals surface area (Å²) >= 11 is 0. The number of aliphatic hydroxyl groups is 3. The normalized spacial score (nSPS) is 53.8. The van der Waals surface area contributed by atoms with Gasteiger partial charge < -0.3 is 39.4 Å². The Morgan fingerprint density at radius 3 is 1.43 bits per heavy atom. The Kier molecular flexibility index (Phi) is 9.50. The minimum atomic E-state index is -2.25. The first kappa shape index (κ1) is 45.1. The first-order valence-electron chi connectivity index (χ1n) is 22.1. The zero-order chi connectivity index (χ0) is 46.3. The lowest BCUT2D eigenvalue weighted by atomic mass is 9.44. The van der Waals surface area contributed by atoms with Gasteiger partial charge in [0.25, 0.3) is 0 Å². The van der Waals surface area contributed by atoms with Crippen molar-refractivity contribution in [1.82, 2.24) is 0 Å². The third-order valence-corrected chi connectivity index (χ3v) is 18.1. The highest BCUT2D eigenvalue weighted by atomic mass is 19.2. The molecule has 18 atom stereocenters. The summed E-state index contributed by atoms with van der Waals surface area (Å²) in [5, 5.41) is 42.6. The summed E-state index contributed by atoms with van der Waals surface area (Å²) in [4.78, 5) is 49.5. The number of rotatable bonds is 3. The highest BCUT2D eigenvalue weighted by molar-refractivity contribution is 6.02. The van der Waals surface area contributed by atoms with E-state index < -0.39 is 146 Å². The summed E-state index contributed by atoms with van der Waals surface area (Å²) < 4.78 is 89.2. The van der Waals surface area contributed by atoms with E-state index in [1.54, 1.807) is 41.5 Å². The zero-order valence-electron chi connectivity index (χ0n) is 36.8. The van der Waals surface area contributed by atoms with Gasteiger partial charge in [0.15, 0.2) is 51.5 Å². The Labute approximate surface area is 363 Å². The number of hydrogen-bond donors (Lipinski definition) is 4. The molecule has 0 unspecified atom stereocenters. The molecule has 0 bridgehead atoms. The second-order valence-corrected chi connectivity index (χ2v) is 21.8. The first-order valence-corrected chi connectivity index (χ1v) is 22.1. The van der Waals surface area contributed by atoms with Gasteiger partial charge in [0.2, 0.25) is 0 Å². The van der Waals surface area contributed by atoms with Gasteiger partial charge >= 0.3 is 5.97 Å². The fraction of sp³-hybridized carbons (Fsp3) is 0.745. The third kappa shape index (κ3) is 5.23. The molecule has 4 N–H and O–H groups in total. The maximum absolute atomic E-state index is 17.1. The molecular formula is C47H58F4O12. The van der Waals surface area contributed by atoms with Gasteiger partial charge in [0.05, 0.1) is 18.3 Å². The van der Waals surface area contributed by atoms with Crippen molar-refractivity contribution in [2.24, 2.45) is 45.3 Å². The van der Waals surface area contributed by atoms with Crippen molar-refractivity contribution >= 4 is 23.3 Å². The molecule has 12 nitrogen and oxygen atoms in total. The third-order valence-electron chi connectivity index (χ3n) is 18.1. The van der Waals surface area contributed by atoms with Crippen LogP contribution in [0.1, 0.15) is 93.9 Å². The van der Waals surface area contributed by atoms with Crippen LogP contribution in [0.15, 0.2) is 47.6 Å². The van der Waals surface area contributed by atoms with Gasteiger partial charge in [-0.15, -0.1) is 0 Å².